The van der Waals surface area contributed by atoms with Gasteiger partial charge in [-0.2, -0.15) is 5.10 Å². The number of ketones is 1. The van der Waals surface area contributed by atoms with E-state index in [0.717, 1.165) is 6.08 Å². The number of rotatable bonds is 5. The summed E-state index contributed by atoms with van der Waals surface area (Å²) in [6.45, 7) is 0. The smallest absolute Gasteiger partial charge is 0.224 e. The third kappa shape index (κ3) is 3.38. The predicted octanol–water partition coefficient (Wildman–Crippen LogP) is 2.55. The van der Waals surface area contributed by atoms with Crippen molar-refractivity contribution in [3.8, 4) is 11.5 Å². The Hall–Kier alpha value is -3.55. The van der Waals surface area contributed by atoms with E-state index in [9.17, 15) is 9.90 Å². The van der Waals surface area contributed by atoms with Crippen molar-refractivity contribution in [2.24, 2.45) is 0 Å². The highest BCUT2D eigenvalue weighted by atomic mass is 16.5. The van der Waals surface area contributed by atoms with Crippen molar-refractivity contribution in [1.82, 2.24) is 15.2 Å². The largest absolute Gasteiger partial charge is 0.504 e. The van der Waals surface area contributed by atoms with Gasteiger partial charge in [0.1, 0.15) is 18.3 Å². The van der Waals surface area contributed by atoms with Crippen LogP contribution in [0, 0.1) is 0 Å². The molecule has 0 fully saturated rings. The lowest BCUT2D eigenvalue weighted by molar-refractivity contribution is 0.102. The first-order chi connectivity index (χ1) is 11.1. The second-order valence-corrected chi connectivity index (χ2v) is 4.53. The van der Waals surface area contributed by atoms with Crippen LogP contribution in [0.25, 0.3) is 5.76 Å². The van der Waals surface area contributed by atoms with E-state index in [-0.39, 0.29) is 17.3 Å². The number of ether oxygens (including phenoxy) is 1. The molecule has 8 nitrogen and oxygen atoms in total. The number of H-pyrrole nitrogens is 1. The van der Waals surface area contributed by atoms with Gasteiger partial charge in [0.2, 0.25) is 11.6 Å². The summed E-state index contributed by atoms with van der Waals surface area (Å²) in [4.78, 5) is 15.7. The number of aromatic amines is 1. The zero-order valence-corrected chi connectivity index (χ0v) is 11.8. The fourth-order valence-electron chi connectivity index (χ4n) is 1.77. The quantitative estimate of drug-likeness (QED) is 0.286. The second kappa shape index (κ2) is 6.06. The lowest BCUT2D eigenvalue weighted by Gasteiger charge is -2.01. The van der Waals surface area contributed by atoms with E-state index < -0.39 is 5.78 Å². The number of aromatic nitrogens is 3. The molecule has 116 valence electrons. The Kier molecular flexibility index (Phi) is 3.79. The number of carbonyl (C=O) groups is 1. The van der Waals surface area contributed by atoms with E-state index in [1.165, 1.54) is 18.7 Å². The number of nitrogens with zero attached hydrogens (tertiary/aromatic N) is 2. The highest BCUT2D eigenvalue weighted by molar-refractivity contribution is 6.05. The summed E-state index contributed by atoms with van der Waals surface area (Å²) in [6, 6.07) is 8.19. The molecule has 0 aliphatic rings. The molecule has 1 aromatic carbocycles. The van der Waals surface area contributed by atoms with Crippen LogP contribution in [-0.4, -0.2) is 26.1 Å². The van der Waals surface area contributed by atoms with Gasteiger partial charge < -0.3 is 20.0 Å². The number of anilines is 1. The highest BCUT2D eigenvalue weighted by Gasteiger charge is 2.13. The molecule has 0 atom stereocenters. The first-order valence-corrected chi connectivity index (χ1v) is 6.55. The predicted molar refractivity (Wildman–Crippen MR) is 81.0 cm³/mol. The van der Waals surface area contributed by atoms with Crippen LogP contribution < -0.4 is 10.5 Å². The molecule has 8 heteroatoms. The Balaban J connectivity index is 1.72. The van der Waals surface area contributed by atoms with Gasteiger partial charge in [-0.05, 0) is 24.3 Å². The molecule has 3 rings (SSSR count). The third-order valence-corrected chi connectivity index (χ3v) is 2.85. The Morgan fingerprint density at radius 1 is 1.30 bits per heavy atom. The molecule has 0 amide bonds. The molecule has 2 heterocycles. The number of aliphatic hydroxyl groups excluding tert-OH is 1. The molecule has 0 aliphatic heterocycles. The number of aliphatic hydroxyl groups is 1. The lowest BCUT2D eigenvalue weighted by atomic mass is 10.2. The second-order valence-electron chi connectivity index (χ2n) is 4.53. The molecule has 23 heavy (non-hydrogen) atoms. The Morgan fingerprint density at radius 3 is 2.78 bits per heavy atom. The van der Waals surface area contributed by atoms with E-state index >= 15 is 0 Å². The molecule has 3 aromatic rings. The number of furan rings is 1. The highest BCUT2D eigenvalue weighted by Crippen LogP contribution is 2.25. The van der Waals surface area contributed by atoms with E-state index in [2.05, 4.69) is 15.2 Å². The van der Waals surface area contributed by atoms with Gasteiger partial charge in [0.25, 0.3) is 0 Å². The standard InChI is InChI=1S/C15H12N4O4/c16-9-1-3-10(4-2-9)23-11-5-14(22-7-11)12(20)6-13(21)15-17-8-18-19-15/h1-8,21H,16H2,(H,17,18,19). The minimum atomic E-state index is -0.542. The van der Waals surface area contributed by atoms with Gasteiger partial charge in [-0.15, -0.1) is 0 Å². The monoisotopic (exact) mass is 312 g/mol. The van der Waals surface area contributed by atoms with Gasteiger partial charge in [-0.25, -0.2) is 4.98 Å². The van der Waals surface area contributed by atoms with Crippen LogP contribution >= 0.6 is 0 Å². The maximum atomic E-state index is 12.0. The van der Waals surface area contributed by atoms with Crippen LogP contribution in [0.15, 0.2) is 53.4 Å². The van der Waals surface area contributed by atoms with Crippen LogP contribution in [-0.2, 0) is 0 Å². The molecule has 2 aromatic heterocycles. The van der Waals surface area contributed by atoms with Crippen LogP contribution in [0.1, 0.15) is 16.4 Å². The van der Waals surface area contributed by atoms with E-state index in [1.54, 1.807) is 24.3 Å². The lowest BCUT2D eigenvalue weighted by Crippen LogP contribution is -1.95. The summed E-state index contributed by atoms with van der Waals surface area (Å²) < 4.78 is 10.7. The average Bonchev–Trinajstić information content (AvgIpc) is 3.21. The summed E-state index contributed by atoms with van der Waals surface area (Å²) in [7, 11) is 0. The van der Waals surface area contributed by atoms with Crippen molar-refractivity contribution in [2.45, 2.75) is 0 Å². The summed E-state index contributed by atoms with van der Waals surface area (Å²) in [5, 5.41) is 15.8. The van der Waals surface area contributed by atoms with Crippen molar-refractivity contribution in [3.63, 3.8) is 0 Å². The summed E-state index contributed by atoms with van der Waals surface area (Å²) in [6.07, 6.45) is 3.55. The first kappa shape index (κ1) is 14.4. The van der Waals surface area contributed by atoms with Crippen LogP contribution in [0.3, 0.4) is 0 Å². The van der Waals surface area contributed by atoms with E-state index in [1.807, 2.05) is 0 Å². The third-order valence-electron chi connectivity index (χ3n) is 2.85. The zero-order chi connectivity index (χ0) is 16.2. The topological polar surface area (TPSA) is 127 Å². The van der Waals surface area contributed by atoms with Crippen LogP contribution in [0.2, 0.25) is 0 Å². The van der Waals surface area contributed by atoms with Gasteiger partial charge in [-0.3, -0.25) is 9.89 Å². The number of carbonyl (C=O) groups excluding carboxylic acids is 1. The number of hydrogen-bond donors (Lipinski definition) is 3. The molecule has 0 saturated heterocycles. The van der Waals surface area contributed by atoms with Gasteiger partial charge in [0, 0.05) is 17.8 Å². The fraction of sp³-hybridized carbons (Fsp3) is 0. The fourth-order valence-corrected chi connectivity index (χ4v) is 1.77. The van der Waals surface area contributed by atoms with Crippen LogP contribution in [0.5, 0.6) is 11.5 Å². The number of nitrogen functional groups attached to an aromatic ring is 1. The van der Waals surface area contributed by atoms with Crippen molar-refractivity contribution >= 4 is 17.2 Å². The molecule has 0 radical (unpaired) electrons. The number of allylic oxidation sites excluding steroid dienone is 1. The molecule has 0 aliphatic carbocycles. The van der Waals surface area contributed by atoms with Gasteiger partial charge in [0.15, 0.2) is 17.3 Å². The Labute approximate surface area is 130 Å². The molecular formula is C15H12N4O4. The zero-order valence-electron chi connectivity index (χ0n) is 11.8. The molecule has 0 unspecified atom stereocenters. The Bertz CT molecular complexity index is 835. The average molecular weight is 312 g/mol. The van der Waals surface area contributed by atoms with E-state index in [4.69, 9.17) is 14.9 Å². The van der Waals surface area contributed by atoms with Gasteiger partial charge in [-0.1, -0.05) is 0 Å². The van der Waals surface area contributed by atoms with Gasteiger partial charge >= 0.3 is 0 Å². The molecule has 0 spiro atoms. The molecule has 0 bridgehead atoms. The van der Waals surface area contributed by atoms with Crippen molar-refractivity contribution in [1.29, 1.82) is 0 Å². The summed E-state index contributed by atoms with van der Waals surface area (Å²) >= 11 is 0. The van der Waals surface area contributed by atoms with Crippen molar-refractivity contribution in [2.75, 3.05) is 5.73 Å². The summed E-state index contributed by atoms with van der Waals surface area (Å²) in [5.41, 5.74) is 6.21. The molecular weight excluding hydrogens is 300 g/mol. The number of nitrogens with two attached hydrogens (primary N) is 1. The number of hydrogen-bond acceptors (Lipinski definition) is 7. The van der Waals surface area contributed by atoms with Crippen molar-refractivity contribution < 1.29 is 19.1 Å². The number of nitrogens with one attached hydrogen (secondary N) is 1. The maximum absolute atomic E-state index is 12.0. The first-order valence-electron chi connectivity index (χ1n) is 6.55. The normalized spacial score (nSPS) is 11.4. The number of benzene rings is 1. The maximum Gasteiger partial charge on any atom is 0.224 e. The van der Waals surface area contributed by atoms with Crippen LogP contribution in [0.4, 0.5) is 5.69 Å². The minimum absolute atomic E-state index is 0.0116. The summed E-state index contributed by atoms with van der Waals surface area (Å²) in [5.74, 6) is 0.0240. The SMILES string of the molecule is Nc1ccc(Oc2coc(C(=O)C=C(O)c3nc[nH]n3)c2)cc1. The van der Waals surface area contributed by atoms with Gasteiger partial charge in [0.05, 0.1) is 0 Å². The molecule has 0 saturated carbocycles. The molecule has 4 N–H and O–H groups in total. The minimum Gasteiger partial charge on any atom is -0.504 e. The van der Waals surface area contributed by atoms with E-state index in [0.29, 0.717) is 17.2 Å². The van der Waals surface area contributed by atoms with Crippen molar-refractivity contribution in [3.05, 3.63) is 60.6 Å². The Morgan fingerprint density at radius 2 is 2.09 bits per heavy atom.